The molecule has 1 heterocycles. The summed E-state index contributed by atoms with van der Waals surface area (Å²) in [7, 11) is 1.54. The molecule has 0 bridgehead atoms. The third-order valence-electron chi connectivity index (χ3n) is 4.99. The van der Waals surface area contributed by atoms with Crippen molar-refractivity contribution in [3.63, 3.8) is 0 Å². The maximum atomic E-state index is 14.1. The number of benzene rings is 2. The Labute approximate surface area is 215 Å². The Morgan fingerprint density at radius 3 is 2.42 bits per heavy atom. The molecular formula is C25H25BrFN3O6. The van der Waals surface area contributed by atoms with E-state index < -0.39 is 35.5 Å². The van der Waals surface area contributed by atoms with Crippen LogP contribution in [0.5, 0.6) is 5.75 Å². The monoisotopic (exact) mass is 561 g/mol. The van der Waals surface area contributed by atoms with Crippen molar-refractivity contribution in [3.8, 4) is 5.75 Å². The molecule has 0 aliphatic rings. The van der Waals surface area contributed by atoms with Crippen molar-refractivity contribution in [1.82, 2.24) is 14.5 Å². The molecule has 9 nitrogen and oxygen atoms in total. The number of ether oxygens (including phenoxy) is 2. The van der Waals surface area contributed by atoms with Gasteiger partial charge in [-0.2, -0.15) is 0 Å². The second-order valence-corrected chi connectivity index (χ2v) is 9.85. The largest absolute Gasteiger partial charge is 0.464 e. The molecule has 1 atom stereocenters. The summed E-state index contributed by atoms with van der Waals surface area (Å²) >= 11 is 3.14. The highest BCUT2D eigenvalue weighted by Crippen LogP contribution is 2.28. The van der Waals surface area contributed by atoms with Gasteiger partial charge in [0.1, 0.15) is 23.0 Å². The van der Waals surface area contributed by atoms with Gasteiger partial charge in [0.25, 0.3) is 0 Å². The number of amides is 1. The molecule has 3 aromatic rings. The van der Waals surface area contributed by atoms with Crippen LogP contribution in [0.2, 0.25) is 0 Å². The van der Waals surface area contributed by atoms with Gasteiger partial charge in [-0.25, -0.2) is 28.3 Å². The molecule has 0 saturated carbocycles. The molecule has 1 aromatic heterocycles. The molecule has 0 saturated heterocycles. The Morgan fingerprint density at radius 1 is 1.17 bits per heavy atom. The smallest absolute Gasteiger partial charge is 0.417 e. The second-order valence-electron chi connectivity index (χ2n) is 8.93. The highest BCUT2D eigenvalue weighted by molar-refractivity contribution is 9.10. The van der Waals surface area contributed by atoms with Crippen molar-refractivity contribution in [2.24, 2.45) is 0 Å². The Hall–Kier alpha value is -3.73. The van der Waals surface area contributed by atoms with Crippen LogP contribution in [-0.4, -0.2) is 56.9 Å². The molecule has 1 N–H and O–H groups in total. The van der Waals surface area contributed by atoms with E-state index in [0.29, 0.717) is 10.0 Å². The fraction of sp³-hybridized carbons (Fsp3) is 0.280. The highest BCUT2D eigenvalue weighted by atomic mass is 79.9. The minimum absolute atomic E-state index is 0.0580. The summed E-state index contributed by atoms with van der Waals surface area (Å²) in [4.78, 5) is 42.2. The van der Waals surface area contributed by atoms with Gasteiger partial charge in [0, 0.05) is 30.5 Å². The molecule has 3 rings (SSSR count). The normalized spacial score (nSPS) is 12.1. The van der Waals surface area contributed by atoms with Crippen LogP contribution in [-0.2, 0) is 4.74 Å². The van der Waals surface area contributed by atoms with Crippen LogP contribution in [0.3, 0.4) is 0 Å². The molecule has 1 amide bonds. The first kappa shape index (κ1) is 26.9. The van der Waals surface area contributed by atoms with Crippen molar-refractivity contribution < 1.29 is 33.4 Å². The van der Waals surface area contributed by atoms with Crippen molar-refractivity contribution in [2.75, 3.05) is 13.6 Å². The predicted octanol–water partition coefficient (Wildman–Crippen LogP) is 5.53. The number of carbonyl (C=O) groups excluding carboxylic acids is 2. The van der Waals surface area contributed by atoms with Crippen LogP contribution in [0.25, 0.3) is 0 Å². The van der Waals surface area contributed by atoms with Crippen LogP contribution >= 0.6 is 15.9 Å². The van der Waals surface area contributed by atoms with E-state index in [0.717, 1.165) is 10.6 Å². The van der Waals surface area contributed by atoms with Crippen LogP contribution in [0, 0.1) is 5.82 Å². The quantitative estimate of drug-likeness (QED) is 0.311. The average molecular weight is 562 g/mol. The summed E-state index contributed by atoms with van der Waals surface area (Å²) in [6.45, 7) is 5.29. The van der Waals surface area contributed by atoms with Gasteiger partial charge in [-0.15, -0.1) is 0 Å². The summed E-state index contributed by atoms with van der Waals surface area (Å²) in [5, 5.41) is 9.56. The third-order valence-corrected chi connectivity index (χ3v) is 5.49. The zero-order chi connectivity index (χ0) is 26.6. The van der Waals surface area contributed by atoms with E-state index >= 15 is 0 Å². The van der Waals surface area contributed by atoms with Crippen molar-refractivity contribution >= 4 is 34.1 Å². The van der Waals surface area contributed by atoms with Gasteiger partial charge in [-0.3, -0.25) is 0 Å². The van der Waals surface area contributed by atoms with Crippen LogP contribution < -0.4 is 4.74 Å². The Balaban J connectivity index is 1.86. The zero-order valence-corrected chi connectivity index (χ0v) is 21.7. The lowest BCUT2D eigenvalue weighted by Gasteiger charge is -2.27. The zero-order valence-electron chi connectivity index (χ0n) is 20.1. The summed E-state index contributed by atoms with van der Waals surface area (Å²) in [6, 6.07) is 10.2. The van der Waals surface area contributed by atoms with Crippen LogP contribution in [0.15, 0.2) is 59.3 Å². The topological polar surface area (TPSA) is 111 Å². The second kappa shape index (κ2) is 10.9. The van der Waals surface area contributed by atoms with Gasteiger partial charge in [0.15, 0.2) is 0 Å². The van der Waals surface area contributed by atoms with Crippen molar-refractivity contribution in [2.45, 2.75) is 32.3 Å². The maximum Gasteiger partial charge on any atom is 0.417 e. The Kier molecular flexibility index (Phi) is 8.13. The first-order valence-corrected chi connectivity index (χ1v) is 11.6. The van der Waals surface area contributed by atoms with Gasteiger partial charge >= 0.3 is 18.2 Å². The number of esters is 1. The number of aromatic nitrogens is 2. The van der Waals surface area contributed by atoms with E-state index in [9.17, 15) is 23.9 Å². The number of halogens is 2. The van der Waals surface area contributed by atoms with E-state index in [4.69, 9.17) is 9.47 Å². The number of carboxylic acid groups (broad SMARTS) is 1. The highest BCUT2D eigenvalue weighted by Gasteiger charge is 2.27. The molecule has 2 aromatic carbocycles. The van der Waals surface area contributed by atoms with Gasteiger partial charge in [-0.1, -0.05) is 28.1 Å². The van der Waals surface area contributed by atoms with E-state index in [2.05, 4.69) is 20.9 Å². The number of rotatable bonds is 6. The summed E-state index contributed by atoms with van der Waals surface area (Å²) in [6.07, 6.45) is 0.853. The number of imidazole rings is 1. The number of carbonyl (C=O) groups is 3. The maximum absolute atomic E-state index is 14.1. The molecule has 0 spiro atoms. The number of likely N-dealkylation sites (N-methyl/N-ethyl adjacent to an activating group) is 1. The predicted molar refractivity (Wildman–Crippen MR) is 132 cm³/mol. The molecule has 0 aliphatic carbocycles. The summed E-state index contributed by atoms with van der Waals surface area (Å²) in [5.41, 5.74) is -0.323. The number of nitrogens with zero attached hydrogens (tertiary/aromatic N) is 3. The molecule has 36 heavy (non-hydrogen) atoms. The van der Waals surface area contributed by atoms with Crippen molar-refractivity contribution in [3.05, 3.63) is 82.1 Å². The molecule has 190 valence electrons. The lowest BCUT2D eigenvalue weighted by molar-refractivity contribution is 0.0292. The van der Waals surface area contributed by atoms with Gasteiger partial charge in [0.2, 0.25) is 0 Å². The summed E-state index contributed by atoms with van der Waals surface area (Å²) < 4.78 is 26.2. The minimum atomic E-state index is -1.23. The molecule has 0 radical (unpaired) electrons. The molecular weight excluding hydrogens is 537 g/mol. The van der Waals surface area contributed by atoms with Crippen LogP contribution in [0.4, 0.5) is 14.0 Å². The SMILES string of the molecule is CN(CC(c1ccc(OC(=O)c2ccc(Br)cc2F)cc1)c1nccn1C(=O)O)C(=O)OC(C)(C)C. The van der Waals surface area contributed by atoms with Crippen LogP contribution in [0.1, 0.15) is 48.4 Å². The summed E-state index contributed by atoms with van der Waals surface area (Å²) in [5.74, 6) is -1.89. The first-order valence-electron chi connectivity index (χ1n) is 10.8. The first-order chi connectivity index (χ1) is 16.9. The number of hydrogen-bond donors (Lipinski definition) is 1. The molecule has 0 fully saturated rings. The van der Waals surface area contributed by atoms with Gasteiger partial charge in [0.05, 0.1) is 11.5 Å². The van der Waals surface area contributed by atoms with Crippen molar-refractivity contribution in [1.29, 1.82) is 0 Å². The van der Waals surface area contributed by atoms with E-state index in [1.165, 1.54) is 48.6 Å². The van der Waals surface area contributed by atoms with Gasteiger partial charge in [-0.05, 0) is 56.7 Å². The fourth-order valence-corrected chi connectivity index (χ4v) is 3.68. The fourth-order valence-electron chi connectivity index (χ4n) is 3.34. The molecule has 1 unspecified atom stereocenters. The Bertz CT molecular complexity index is 1270. The lowest BCUT2D eigenvalue weighted by atomic mass is 9.97. The molecule has 11 heteroatoms. The molecule has 0 aliphatic heterocycles. The lowest BCUT2D eigenvalue weighted by Crippen LogP contribution is -2.37. The third kappa shape index (κ3) is 6.69. The standard InChI is InChI=1S/C25H25BrFN3O6/c1-25(2,3)36-24(34)29(4)14-19(21-28-11-12-30(21)23(32)33)15-5-8-17(9-6-15)35-22(31)18-10-7-16(26)13-20(18)27/h5-13,19H,14H2,1-4H3,(H,32,33). The van der Waals surface area contributed by atoms with Gasteiger partial charge < -0.3 is 19.5 Å². The van der Waals surface area contributed by atoms with E-state index in [1.54, 1.807) is 32.9 Å². The minimum Gasteiger partial charge on any atom is -0.464 e. The average Bonchev–Trinajstić information content (AvgIpc) is 3.26. The van der Waals surface area contributed by atoms with E-state index in [-0.39, 0.29) is 23.7 Å². The Morgan fingerprint density at radius 2 is 1.83 bits per heavy atom. The van der Waals surface area contributed by atoms with E-state index in [1.807, 2.05) is 0 Å². The number of hydrogen-bond acceptors (Lipinski definition) is 6.